The summed E-state index contributed by atoms with van der Waals surface area (Å²) in [6, 6.07) is 4.88. The quantitative estimate of drug-likeness (QED) is 0.346. The largest absolute Gasteiger partial charge is 0.496 e. The second-order valence-electron chi connectivity index (χ2n) is 5.48. The molecule has 1 aromatic rings. The molecule has 0 radical (unpaired) electrons. The molecule has 11 heteroatoms. The smallest absolute Gasteiger partial charge is 0.408 e. The monoisotopic (exact) mass is 483 g/mol. The highest BCUT2D eigenvalue weighted by Crippen LogP contribution is 2.62. The van der Waals surface area contributed by atoms with Gasteiger partial charge in [0.15, 0.2) is 12.1 Å². The van der Waals surface area contributed by atoms with Crippen LogP contribution in [0.2, 0.25) is 0 Å². The number of rotatable bonds is 12. The molecule has 0 fully saturated rings. The fourth-order valence-electron chi connectivity index (χ4n) is 2.60. The van der Waals surface area contributed by atoms with Crippen molar-refractivity contribution in [3.05, 3.63) is 28.2 Å². The lowest BCUT2D eigenvalue weighted by Gasteiger charge is -2.35. The fraction of sp³-hybridized carbons (Fsp3) is 0.588. The lowest BCUT2D eigenvalue weighted by molar-refractivity contribution is -0.115. The van der Waals surface area contributed by atoms with Crippen LogP contribution >= 0.6 is 23.5 Å². The maximum atomic E-state index is 13.6. The summed E-state index contributed by atoms with van der Waals surface area (Å²) < 4.78 is 40.6. The molecule has 0 heterocycles. The molecule has 1 N–H and O–H groups in total. The van der Waals surface area contributed by atoms with Crippen molar-refractivity contribution < 1.29 is 37.7 Å². The number of nitrogens with zero attached hydrogens (tertiary/aromatic N) is 1. The van der Waals surface area contributed by atoms with E-state index in [0.29, 0.717) is 15.8 Å². The molecule has 0 spiro atoms. The van der Waals surface area contributed by atoms with E-state index in [0.717, 1.165) is 4.90 Å². The van der Waals surface area contributed by atoms with Gasteiger partial charge in [-0.25, -0.2) is 4.79 Å². The summed E-state index contributed by atoms with van der Waals surface area (Å²) >= 11 is 3.37. The van der Waals surface area contributed by atoms with Crippen LogP contribution in [0.1, 0.15) is 25.2 Å². The summed E-state index contributed by atoms with van der Waals surface area (Å²) in [6.45, 7) is 3.27. The second-order valence-corrected chi connectivity index (χ2v) is 8.42. The van der Waals surface area contributed by atoms with Crippen LogP contribution in [0.25, 0.3) is 0 Å². The van der Waals surface area contributed by atoms with Gasteiger partial charge in [-0.15, -0.1) is 0 Å². The van der Waals surface area contributed by atoms with Crippen molar-refractivity contribution >= 4 is 29.6 Å². The zero-order valence-electron chi connectivity index (χ0n) is 16.6. The topological polar surface area (TPSA) is 104 Å². The second kappa shape index (κ2) is 11.7. The SMILES string of the molecule is CCOP(=O)(OCC)C(c1ccc(OC)c(Br)c1)N(CC(OC)OC)C(=O)O. The summed E-state index contributed by atoms with van der Waals surface area (Å²) in [4.78, 5) is 13.0. The van der Waals surface area contributed by atoms with Crippen LogP contribution in [0.15, 0.2) is 22.7 Å². The first-order valence-electron chi connectivity index (χ1n) is 8.55. The summed E-state index contributed by atoms with van der Waals surface area (Å²) in [7, 11) is 0.372. The number of ether oxygens (including phenoxy) is 3. The van der Waals surface area contributed by atoms with Gasteiger partial charge in [0.05, 0.1) is 31.3 Å². The lowest BCUT2D eigenvalue weighted by atomic mass is 10.2. The number of amides is 1. The van der Waals surface area contributed by atoms with E-state index in [1.807, 2.05) is 0 Å². The van der Waals surface area contributed by atoms with E-state index in [-0.39, 0.29) is 19.8 Å². The third kappa shape index (κ3) is 6.17. The molecule has 28 heavy (non-hydrogen) atoms. The van der Waals surface area contributed by atoms with Crippen molar-refractivity contribution in [3.63, 3.8) is 0 Å². The summed E-state index contributed by atoms with van der Waals surface area (Å²) in [5, 5.41) is 9.86. The maximum Gasteiger partial charge on any atom is 0.408 e. The van der Waals surface area contributed by atoms with Crippen molar-refractivity contribution in [2.75, 3.05) is 41.1 Å². The Morgan fingerprint density at radius 1 is 1.18 bits per heavy atom. The van der Waals surface area contributed by atoms with Gasteiger partial charge in [0.1, 0.15) is 5.75 Å². The van der Waals surface area contributed by atoms with Crippen LogP contribution < -0.4 is 4.74 Å². The van der Waals surface area contributed by atoms with Gasteiger partial charge in [-0.05, 0) is 47.5 Å². The van der Waals surface area contributed by atoms with Gasteiger partial charge >= 0.3 is 13.7 Å². The normalized spacial score (nSPS) is 12.8. The first-order chi connectivity index (χ1) is 13.3. The van der Waals surface area contributed by atoms with E-state index >= 15 is 0 Å². The van der Waals surface area contributed by atoms with E-state index in [9.17, 15) is 14.5 Å². The standard InChI is InChI=1S/C17H27BrNO8P/c1-6-26-28(22,27-7-2)16(12-8-9-14(23-3)13(18)10-12)19(17(20)21)11-15(24-4)25-5/h8-10,15-16H,6-7,11H2,1-5H3,(H,20,21). The van der Waals surface area contributed by atoms with Crippen LogP contribution in [0, 0.1) is 0 Å². The predicted octanol–water partition coefficient (Wildman–Crippen LogP) is 4.32. The van der Waals surface area contributed by atoms with Gasteiger partial charge in [0, 0.05) is 14.2 Å². The van der Waals surface area contributed by atoms with Gasteiger partial charge in [0.2, 0.25) is 0 Å². The number of halogens is 1. The average Bonchev–Trinajstić information content (AvgIpc) is 2.65. The molecular formula is C17H27BrNO8P. The molecule has 0 aliphatic rings. The van der Waals surface area contributed by atoms with Crippen molar-refractivity contribution in [1.82, 2.24) is 4.90 Å². The Kier molecular flexibility index (Phi) is 10.4. The Labute approximate surface area is 173 Å². The van der Waals surface area contributed by atoms with Gasteiger partial charge in [-0.1, -0.05) is 6.07 Å². The highest BCUT2D eigenvalue weighted by atomic mass is 79.9. The number of methoxy groups -OCH3 is 3. The Balaban J connectivity index is 3.57. The highest BCUT2D eigenvalue weighted by molar-refractivity contribution is 9.10. The van der Waals surface area contributed by atoms with Crippen LogP contribution in [-0.4, -0.2) is 63.5 Å². The van der Waals surface area contributed by atoms with Gasteiger partial charge in [-0.2, -0.15) is 0 Å². The van der Waals surface area contributed by atoms with Crippen LogP contribution in [0.3, 0.4) is 0 Å². The molecule has 1 rings (SSSR count). The van der Waals surface area contributed by atoms with Crippen LogP contribution in [-0.2, 0) is 23.1 Å². The van der Waals surface area contributed by atoms with E-state index < -0.39 is 25.8 Å². The zero-order valence-corrected chi connectivity index (χ0v) is 19.1. The Morgan fingerprint density at radius 3 is 2.14 bits per heavy atom. The Morgan fingerprint density at radius 2 is 1.75 bits per heavy atom. The molecule has 0 saturated heterocycles. The summed E-state index contributed by atoms with van der Waals surface area (Å²) in [5.41, 5.74) is 0.409. The van der Waals surface area contributed by atoms with Gasteiger partial charge in [-0.3, -0.25) is 9.46 Å². The minimum absolute atomic E-state index is 0.0799. The molecule has 1 atom stereocenters. The first kappa shape index (κ1) is 24.9. The predicted molar refractivity (Wildman–Crippen MR) is 107 cm³/mol. The minimum Gasteiger partial charge on any atom is -0.496 e. The maximum absolute atomic E-state index is 13.6. The molecule has 0 aromatic heterocycles. The van der Waals surface area contributed by atoms with Crippen LogP contribution in [0.4, 0.5) is 4.79 Å². The van der Waals surface area contributed by atoms with E-state index in [1.165, 1.54) is 21.3 Å². The molecule has 1 unspecified atom stereocenters. The molecule has 9 nitrogen and oxygen atoms in total. The van der Waals surface area contributed by atoms with Gasteiger partial charge in [0.25, 0.3) is 0 Å². The summed E-state index contributed by atoms with van der Waals surface area (Å²) in [6.07, 6.45) is -2.19. The lowest BCUT2D eigenvalue weighted by Crippen LogP contribution is -2.41. The van der Waals surface area contributed by atoms with E-state index in [1.54, 1.807) is 32.0 Å². The molecule has 0 bridgehead atoms. The number of carbonyl (C=O) groups is 1. The zero-order chi connectivity index (χ0) is 21.3. The average molecular weight is 484 g/mol. The van der Waals surface area contributed by atoms with Crippen molar-refractivity contribution in [3.8, 4) is 5.75 Å². The third-order valence-electron chi connectivity index (χ3n) is 3.80. The van der Waals surface area contributed by atoms with E-state index in [2.05, 4.69) is 15.9 Å². The highest BCUT2D eigenvalue weighted by Gasteiger charge is 2.44. The van der Waals surface area contributed by atoms with Crippen LogP contribution in [0.5, 0.6) is 5.75 Å². The molecule has 160 valence electrons. The molecule has 1 amide bonds. The number of carboxylic acid groups (broad SMARTS) is 1. The summed E-state index contributed by atoms with van der Waals surface area (Å²) in [5.74, 6) is -0.696. The Bertz CT molecular complexity index is 675. The molecule has 0 aliphatic heterocycles. The molecule has 0 saturated carbocycles. The number of hydrogen-bond donors (Lipinski definition) is 1. The van der Waals surface area contributed by atoms with Crippen molar-refractivity contribution in [2.45, 2.75) is 25.9 Å². The fourth-order valence-corrected chi connectivity index (χ4v) is 5.30. The van der Waals surface area contributed by atoms with Crippen molar-refractivity contribution in [2.24, 2.45) is 0 Å². The van der Waals surface area contributed by atoms with Crippen molar-refractivity contribution in [1.29, 1.82) is 0 Å². The minimum atomic E-state index is -3.91. The number of benzene rings is 1. The molecular weight excluding hydrogens is 457 g/mol. The van der Waals surface area contributed by atoms with Gasteiger partial charge < -0.3 is 28.4 Å². The Hall–Kier alpha value is -1.16. The number of hydrogen-bond acceptors (Lipinski definition) is 7. The van der Waals surface area contributed by atoms with E-state index in [4.69, 9.17) is 23.3 Å². The third-order valence-corrected chi connectivity index (χ3v) is 6.84. The molecule has 1 aromatic carbocycles. The first-order valence-corrected chi connectivity index (χ1v) is 11.0. The molecule has 0 aliphatic carbocycles.